The molecule has 1 aliphatic rings. The number of fused-ring (bicyclic) bond motifs is 1. The lowest BCUT2D eigenvalue weighted by molar-refractivity contribution is 0.174. The fraction of sp³-hybridized carbons (Fsp3) is 0.400. The number of rotatable bonds is 3. The highest BCUT2D eigenvalue weighted by Crippen LogP contribution is 2.46. The Morgan fingerprint density at radius 2 is 2.27 bits per heavy atom. The Hall–Kier alpha value is -1.13. The molecule has 0 saturated carbocycles. The van der Waals surface area contributed by atoms with Crippen molar-refractivity contribution in [3.8, 4) is 17.2 Å². The van der Waals surface area contributed by atoms with Crippen LogP contribution in [0.3, 0.4) is 0 Å². The maximum atomic E-state index is 9.78. The highest BCUT2D eigenvalue weighted by molar-refractivity contribution is 6.34. The van der Waals surface area contributed by atoms with Gasteiger partial charge in [-0.25, -0.2) is 0 Å². The Morgan fingerprint density at radius 3 is 3.00 bits per heavy atom. The number of aromatic hydroxyl groups is 1. The normalized spacial score (nSPS) is 13.2. The summed E-state index contributed by atoms with van der Waals surface area (Å²) in [4.78, 5) is 0. The number of aryl methyl sites for hydroxylation is 1. The molecule has 1 aliphatic heterocycles. The van der Waals surface area contributed by atoms with Gasteiger partial charge in [-0.15, -0.1) is 0 Å². The summed E-state index contributed by atoms with van der Waals surface area (Å²) in [5.41, 5.74) is 6.15. The molecule has 1 heterocycles. The second kappa shape index (κ2) is 4.16. The van der Waals surface area contributed by atoms with Gasteiger partial charge in [-0.2, -0.15) is 0 Å². The Bertz CT molecular complexity index is 381. The molecule has 0 atom stereocenters. The molecule has 0 saturated heterocycles. The third kappa shape index (κ3) is 1.82. The molecule has 0 unspecified atom stereocenters. The fourth-order valence-corrected chi connectivity index (χ4v) is 1.79. The van der Waals surface area contributed by atoms with E-state index in [0.717, 1.165) is 12.0 Å². The first-order valence-corrected chi connectivity index (χ1v) is 5.12. The smallest absolute Gasteiger partial charge is 0.231 e. The van der Waals surface area contributed by atoms with Crippen molar-refractivity contribution in [1.29, 1.82) is 0 Å². The molecule has 0 aromatic heterocycles. The highest BCUT2D eigenvalue weighted by Gasteiger charge is 2.22. The summed E-state index contributed by atoms with van der Waals surface area (Å²) >= 11 is 5.94. The lowest BCUT2D eigenvalue weighted by Crippen LogP contribution is -2.00. The zero-order valence-electron chi connectivity index (χ0n) is 8.12. The zero-order chi connectivity index (χ0) is 10.8. The zero-order valence-corrected chi connectivity index (χ0v) is 8.88. The van der Waals surface area contributed by atoms with Gasteiger partial charge in [0.2, 0.25) is 6.79 Å². The molecular weight excluding hydrogens is 218 g/mol. The van der Waals surface area contributed by atoms with Crippen molar-refractivity contribution >= 4 is 11.6 Å². The predicted molar refractivity (Wildman–Crippen MR) is 56.6 cm³/mol. The van der Waals surface area contributed by atoms with E-state index in [1.807, 2.05) is 0 Å². The molecule has 2 rings (SSSR count). The van der Waals surface area contributed by atoms with E-state index in [2.05, 4.69) is 0 Å². The predicted octanol–water partition coefficient (Wildman–Crippen LogP) is 1.67. The van der Waals surface area contributed by atoms with Gasteiger partial charge < -0.3 is 20.3 Å². The van der Waals surface area contributed by atoms with Gasteiger partial charge in [-0.05, 0) is 31.0 Å². The summed E-state index contributed by atoms with van der Waals surface area (Å²) < 4.78 is 10.3. The van der Waals surface area contributed by atoms with Crippen molar-refractivity contribution in [2.45, 2.75) is 12.8 Å². The van der Waals surface area contributed by atoms with E-state index >= 15 is 0 Å². The average Bonchev–Trinajstić information content (AvgIpc) is 2.69. The molecule has 0 amide bonds. The molecule has 1 aromatic rings. The molecule has 0 fully saturated rings. The number of halogens is 1. The topological polar surface area (TPSA) is 64.7 Å². The van der Waals surface area contributed by atoms with E-state index < -0.39 is 0 Å². The second-order valence-electron chi connectivity index (χ2n) is 3.32. The molecule has 0 bridgehead atoms. The monoisotopic (exact) mass is 229 g/mol. The summed E-state index contributed by atoms with van der Waals surface area (Å²) in [5, 5.41) is 10.00. The number of hydrogen-bond donors (Lipinski definition) is 2. The maximum Gasteiger partial charge on any atom is 0.231 e. The van der Waals surface area contributed by atoms with Gasteiger partial charge in [0.15, 0.2) is 11.5 Å². The van der Waals surface area contributed by atoms with Gasteiger partial charge in [-0.3, -0.25) is 0 Å². The van der Waals surface area contributed by atoms with E-state index in [-0.39, 0.29) is 17.6 Å². The maximum absolute atomic E-state index is 9.78. The van der Waals surface area contributed by atoms with E-state index in [9.17, 15) is 5.11 Å². The van der Waals surface area contributed by atoms with Crippen LogP contribution in [0.2, 0.25) is 5.02 Å². The number of phenols is 1. The first kappa shape index (κ1) is 10.4. The lowest BCUT2D eigenvalue weighted by Gasteiger charge is -2.08. The van der Waals surface area contributed by atoms with Crippen LogP contribution in [0.4, 0.5) is 0 Å². The molecule has 4 nitrogen and oxygen atoms in total. The Labute approximate surface area is 92.5 Å². The molecule has 82 valence electrons. The van der Waals surface area contributed by atoms with Crippen molar-refractivity contribution in [3.63, 3.8) is 0 Å². The third-order valence-corrected chi connectivity index (χ3v) is 2.66. The molecule has 3 N–H and O–H groups in total. The molecule has 0 spiro atoms. The summed E-state index contributed by atoms with van der Waals surface area (Å²) in [6.07, 6.45) is 1.47. The van der Waals surface area contributed by atoms with Crippen LogP contribution in [-0.4, -0.2) is 18.4 Å². The molecule has 1 aromatic carbocycles. The number of phenolic OH excluding ortho intramolecular Hbond substituents is 1. The van der Waals surface area contributed by atoms with Crippen molar-refractivity contribution < 1.29 is 14.6 Å². The van der Waals surface area contributed by atoms with Crippen molar-refractivity contribution in [3.05, 3.63) is 16.7 Å². The first-order chi connectivity index (χ1) is 7.24. The molecule has 0 radical (unpaired) electrons. The highest BCUT2D eigenvalue weighted by atomic mass is 35.5. The summed E-state index contributed by atoms with van der Waals surface area (Å²) in [5.74, 6) is 1.07. The first-order valence-electron chi connectivity index (χ1n) is 4.74. The van der Waals surface area contributed by atoms with Gasteiger partial charge in [0.1, 0.15) is 10.8 Å². The molecular formula is C10H12ClNO3. The van der Waals surface area contributed by atoms with Crippen LogP contribution in [0.1, 0.15) is 12.0 Å². The van der Waals surface area contributed by atoms with E-state index in [0.29, 0.717) is 24.5 Å². The van der Waals surface area contributed by atoms with Crippen LogP contribution in [0.25, 0.3) is 0 Å². The second-order valence-corrected chi connectivity index (χ2v) is 3.70. The third-order valence-electron chi connectivity index (χ3n) is 2.31. The van der Waals surface area contributed by atoms with Gasteiger partial charge in [0.05, 0.1) is 0 Å². The largest absolute Gasteiger partial charge is 0.506 e. The Morgan fingerprint density at radius 1 is 1.47 bits per heavy atom. The van der Waals surface area contributed by atoms with Crippen molar-refractivity contribution in [2.24, 2.45) is 5.73 Å². The van der Waals surface area contributed by atoms with Crippen LogP contribution < -0.4 is 15.2 Å². The Balaban J connectivity index is 2.36. The minimum atomic E-state index is 0.0642. The van der Waals surface area contributed by atoms with Gasteiger partial charge in [-0.1, -0.05) is 11.6 Å². The number of hydrogen-bond acceptors (Lipinski definition) is 4. The number of nitrogens with two attached hydrogens (primary N) is 1. The van der Waals surface area contributed by atoms with Crippen LogP contribution >= 0.6 is 11.6 Å². The minimum Gasteiger partial charge on any atom is -0.506 e. The van der Waals surface area contributed by atoms with Gasteiger partial charge in [0, 0.05) is 0 Å². The van der Waals surface area contributed by atoms with Crippen LogP contribution in [-0.2, 0) is 6.42 Å². The van der Waals surface area contributed by atoms with Crippen molar-refractivity contribution in [1.82, 2.24) is 0 Å². The fourth-order valence-electron chi connectivity index (χ4n) is 1.53. The van der Waals surface area contributed by atoms with Crippen LogP contribution in [0.15, 0.2) is 6.07 Å². The van der Waals surface area contributed by atoms with E-state index in [1.165, 1.54) is 0 Å². The van der Waals surface area contributed by atoms with Crippen LogP contribution in [0, 0.1) is 0 Å². The van der Waals surface area contributed by atoms with Crippen LogP contribution in [0.5, 0.6) is 17.2 Å². The molecule has 0 aliphatic carbocycles. The quantitative estimate of drug-likeness (QED) is 0.828. The number of benzene rings is 1. The average molecular weight is 230 g/mol. The minimum absolute atomic E-state index is 0.0642. The SMILES string of the molecule is NCCCc1cc2c(c(Cl)c1O)OCO2. The van der Waals surface area contributed by atoms with Crippen molar-refractivity contribution in [2.75, 3.05) is 13.3 Å². The lowest BCUT2D eigenvalue weighted by atomic mass is 10.1. The standard InChI is InChI=1S/C10H12ClNO3/c11-8-9(13)6(2-1-3-12)4-7-10(8)15-5-14-7/h4,13H,1-3,5,12H2. The number of ether oxygens (including phenoxy) is 2. The van der Waals surface area contributed by atoms with Gasteiger partial charge in [0.25, 0.3) is 0 Å². The summed E-state index contributed by atoms with van der Waals surface area (Å²) in [6.45, 7) is 0.723. The summed E-state index contributed by atoms with van der Waals surface area (Å²) in [6, 6.07) is 1.75. The van der Waals surface area contributed by atoms with E-state index in [1.54, 1.807) is 6.07 Å². The van der Waals surface area contributed by atoms with Gasteiger partial charge >= 0.3 is 0 Å². The molecule has 15 heavy (non-hydrogen) atoms. The molecule has 5 heteroatoms. The van der Waals surface area contributed by atoms with E-state index in [4.69, 9.17) is 26.8 Å². The Kier molecular flexibility index (Phi) is 2.88. The summed E-state index contributed by atoms with van der Waals surface area (Å²) in [7, 11) is 0.